The van der Waals surface area contributed by atoms with Crippen LogP contribution in [-0.2, 0) is 6.61 Å². The predicted octanol–water partition coefficient (Wildman–Crippen LogP) is 2.93. The van der Waals surface area contributed by atoms with Crippen molar-refractivity contribution in [3.8, 4) is 11.5 Å². The van der Waals surface area contributed by atoms with Crippen molar-refractivity contribution in [1.29, 1.82) is 0 Å². The number of amides is 2. The van der Waals surface area contributed by atoms with Crippen molar-refractivity contribution in [3.63, 3.8) is 0 Å². The normalized spacial score (nSPS) is 10.5. The molecule has 0 bridgehead atoms. The van der Waals surface area contributed by atoms with E-state index in [9.17, 15) is 4.79 Å². The summed E-state index contributed by atoms with van der Waals surface area (Å²) in [6.45, 7) is 0.335. The molecular formula is C16H16ClN3O3. The van der Waals surface area contributed by atoms with E-state index in [4.69, 9.17) is 26.8 Å². The van der Waals surface area contributed by atoms with Crippen LogP contribution < -0.4 is 20.6 Å². The van der Waals surface area contributed by atoms with Crippen LogP contribution in [0.2, 0.25) is 5.02 Å². The lowest BCUT2D eigenvalue weighted by Gasteiger charge is -2.13. The molecular weight excluding hydrogens is 318 g/mol. The molecule has 2 rings (SSSR count). The predicted molar refractivity (Wildman–Crippen MR) is 89.1 cm³/mol. The number of para-hydroxylation sites is 1. The van der Waals surface area contributed by atoms with Crippen molar-refractivity contribution in [2.24, 2.45) is 10.8 Å². The Hall–Kier alpha value is -2.73. The van der Waals surface area contributed by atoms with Crippen molar-refractivity contribution in [2.75, 3.05) is 7.11 Å². The first kappa shape index (κ1) is 16.6. The average molecular weight is 334 g/mol. The van der Waals surface area contributed by atoms with E-state index in [2.05, 4.69) is 10.5 Å². The van der Waals surface area contributed by atoms with Gasteiger partial charge in [0.15, 0.2) is 11.5 Å². The first-order valence-electron chi connectivity index (χ1n) is 6.73. The fourth-order valence-corrected chi connectivity index (χ4v) is 1.98. The number of hydrogen-bond acceptors (Lipinski definition) is 4. The number of nitrogens with one attached hydrogen (secondary N) is 1. The molecule has 7 heteroatoms. The van der Waals surface area contributed by atoms with Crippen molar-refractivity contribution >= 4 is 23.8 Å². The highest BCUT2D eigenvalue weighted by molar-refractivity contribution is 6.30. The van der Waals surface area contributed by atoms with E-state index in [-0.39, 0.29) is 0 Å². The fourth-order valence-electron chi connectivity index (χ4n) is 1.85. The van der Waals surface area contributed by atoms with Crippen molar-refractivity contribution in [1.82, 2.24) is 5.43 Å². The van der Waals surface area contributed by atoms with Crippen molar-refractivity contribution in [3.05, 3.63) is 58.6 Å². The summed E-state index contributed by atoms with van der Waals surface area (Å²) in [5.41, 5.74) is 8.71. The Morgan fingerprint density at radius 1 is 1.30 bits per heavy atom. The molecule has 0 aliphatic heterocycles. The molecule has 0 radical (unpaired) electrons. The first-order chi connectivity index (χ1) is 11.1. The Kier molecular flexibility index (Phi) is 5.82. The second kappa shape index (κ2) is 8.05. The topological polar surface area (TPSA) is 85.9 Å². The summed E-state index contributed by atoms with van der Waals surface area (Å²) in [6, 6.07) is 11.9. The van der Waals surface area contributed by atoms with Crippen molar-refractivity contribution in [2.45, 2.75) is 6.61 Å². The SMILES string of the molecule is COc1cccc(/C=N\NC(N)=O)c1OCc1ccc(Cl)cc1. The molecule has 3 N–H and O–H groups in total. The van der Waals surface area contributed by atoms with Gasteiger partial charge in [0.1, 0.15) is 6.61 Å². The van der Waals surface area contributed by atoms with Gasteiger partial charge in [0, 0.05) is 10.6 Å². The third-order valence-corrected chi connectivity index (χ3v) is 3.16. The second-order valence-electron chi connectivity index (χ2n) is 4.53. The standard InChI is InChI=1S/C16H16ClN3O3/c1-22-14-4-2-3-12(9-19-20-16(18)21)15(14)23-10-11-5-7-13(17)8-6-11/h2-9H,10H2,1H3,(H3,18,20,21)/b19-9-. The highest BCUT2D eigenvalue weighted by Gasteiger charge is 2.09. The van der Waals surface area contributed by atoms with Gasteiger partial charge >= 0.3 is 6.03 Å². The summed E-state index contributed by atoms with van der Waals surface area (Å²) < 4.78 is 11.1. The number of hydrogen-bond donors (Lipinski definition) is 2. The number of hydrazone groups is 1. The molecule has 0 atom stereocenters. The number of halogens is 1. The third kappa shape index (κ3) is 4.89. The van der Waals surface area contributed by atoms with Gasteiger partial charge < -0.3 is 15.2 Å². The number of carbonyl (C=O) groups is 1. The van der Waals surface area contributed by atoms with Gasteiger partial charge in [-0.3, -0.25) is 0 Å². The highest BCUT2D eigenvalue weighted by Crippen LogP contribution is 2.30. The van der Waals surface area contributed by atoms with Crippen LogP contribution in [0.4, 0.5) is 4.79 Å². The van der Waals surface area contributed by atoms with Gasteiger partial charge in [0.05, 0.1) is 13.3 Å². The minimum absolute atomic E-state index is 0.335. The second-order valence-corrected chi connectivity index (χ2v) is 4.96. The molecule has 2 amide bonds. The molecule has 0 saturated heterocycles. The Labute approximate surface area is 138 Å². The molecule has 0 aliphatic rings. The molecule has 120 valence electrons. The highest BCUT2D eigenvalue weighted by atomic mass is 35.5. The molecule has 0 aromatic heterocycles. The number of urea groups is 1. The van der Waals surface area contributed by atoms with Crippen molar-refractivity contribution < 1.29 is 14.3 Å². The third-order valence-electron chi connectivity index (χ3n) is 2.90. The van der Waals surface area contributed by atoms with Gasteiger partial charge in [0.25, 0.3) is 0 Å². The van der Waals surface area contributed by atoms with Crippen LogP contribution in [-0.4, -0.2) is 19.4 Å². The molecule has 0 unspecified atom stereocenters. The molecule has 0 heterocycles. The summed E-state index contributed by atoms with van der Waals surface area (Å²) in [5.74, 6) is 1.07. The maximum atomic E-state index is 10.7. The van der Waals surface area contributed by atoms with E-state index in [1.165, 1.54) is 6.21 Å². The number of nitrogens with two attached hydrogens (primary N) is 1. The van der Waals surface area contributed by atoms with Crippen LogP contribution in [0.3, 0.4) is 0 Å². The number of methoxy groups -OCH3 is 1. The first-order valence-corrected chi connectivity index (χ1v) is 7.10. The molecule has 2 aromatic rings. The van der Waals surface area contributed by atoms with Gasteiger partial charge in [-0.25, -0.2) is 10.2 Å². The van der Waals surface area contributed by atoms with E-state index in [0.717, 1.165) is 5.56 Å². The van der Waals surface area contributed by atoms with Gasteiger partial charge in [-0.2, -0.15) is 5.10 Å². The van der Waals surface area contributed by atoms with Crippen LogP contribution in [0.15, 0.2) is 47.6 Å². The smallest absolute Gasteiger partial charge is 0.332 e. The number of primary amides is 1. The van der Waals surface area contributed by atoms with E-state index in [0.29, 0.717) is 28.7 Å². The molecule has 0 spiro atoms. The van der Waals surface area contributed by atoms with Crippen LogP contribution in [0.25, 0.3) is 0 Å². The monoisotopic (exact) mass is 333 g/mol. The lowest BCUT2D eigenvalue weighted by atomic mass is 10.2. The molecule has 23 heavy (non-hydrogen) atoms. The summed E-state index contributed by atoms with van der Waals surface area (Å²) in [7, 11) is 1.55. The minimum atomic E-state index is -0.743. The van der Waals surface area contributed by atoms with E-state index in [1.807, 2.05) is 12.1 Å². The Morgan fingerprint density at radius 2 is 2.04 bits per heavy atom. The largest absolute Gasteiger partial charge is 0.493 e. The number of benzene rings is 2. The average Bonchev–Trinajstić information content (AvgIpc) is 2.54. The molecule has 0 aliphatic carbocycles. The number of ether oxygens (including phenoxy) is 2. The van der Waals surface area contributed by atoms with Gasteiger partial charge in [-0.15, -0.1) is 0 Å². The Balaban J connectivity index is 2.19. The maximum Gasteiger partial charge on any atom is 0.332 e. The molecule has 0 saturated carbocycles. The molecule has 2 aromatic carbocycles. The zero-order valence-electron chi connectivity index (χ0n) is 12.5. The van der Waals surface area contributed by atoms with Crippen LogP contribution >= 0.6 is 11.6 Å². The van der Waals surface area contributed by atoms with E-state index < -0.39 is 6.03 Å². The van der Waals surface area contributed by atoms with Gasteiger partial charge in [-0.05, 0) is 29.8 Å². The minimum Gasteiger partial charge on any atom is -0.493 e. The number of carbonyl (C=O) groups excluding carboxylic acids is 1. The van der Waals surface area contributed by atoms with Crippen LogP contribution in [0, 0.1) is 0 Å². The summed E-state index contributed by atoms with van der Waals surface area (Å²) >= 11 is 5.86. The summed E-state index contributed by atoms with van der Waals surface area (Å²) in [5, 5.41) is 4.40. The zero-order chi connectivity index (χ0) is 16.7. The van der Waals surface area contributed by atoms with Gasteiger partial charge in [-0.1, -0.05) is 29.8 Å². The lowest BCUT2D eigenvalue weighted by Crippen LogP contribution is -2.24. The fraction of sp³-hybridized carbons (Fsp3) is 0.125. The Morgan fingerprint density at radius 3 is 2.70 bits per heavy atom. The zero-order valence-corrected chi connectivity index (χ0v) is 13.2. The van der Waals surface area contributed by atoms with E-state index >= 15 is 0 Å². The number of nitrogens with zero attached hydrogens (tertiary/aromatic N) is 1. The van der Waals surface area contributed by atoms with Crippen LogP contribution in [0.5, 0.6) is 11.5 Å². The Bertz CT molecular complexity index is 702. The summed E-state index contributed by atoms with van der Waals surface area (Å²) in [4.78, 5) is 10.7. The molecule has 0 fully saturated rings. The summed E-state index contributed by atoms with van der Waals surface area (Å²) in [6.07, 6.45) is 1.43. The van der Waals surface area contributed by atoms with E-state index in [1.54, 1.807) is 37.4 Å². The quantitative estimate of drug-likeness (QED) is 0.629. The van der Waals surface area contributed by atoms with Crippen LogP contribution in [0.1, 0.15) is 11.1 Å². The lowest BCUT2D eigenvalue weighted by molar-refractivity contribution is 0.249. The van der Waals surface area contributed by atoms with Gasteiger partial charge in [0.2, 0.25) is 0 Å². The maximum absolute atomic E-state index is 10.7. The number of rotatable bonds is 6. The molecule has 6 nitrogen and oxygen atoms in total.